The Kier molecular flexibility index (Phi) is 4.44. The topological polar surface area (TPSA) is 59.8 Å². The minimum absolute atomic E-state index is 0.0124. The molecule has 0 saturated carbocycles. The van der Waals surface area contributed by atoms with Crippen molar-refractivity contribution in [2.45, 2.75) is 25.5 Å². The third-order valence-corrected chi connectivity index (χ3v) is 3.74. The van der Waals surface area contributed by atoms with Crippen molar-refractivity contribution in [2.75, 3.05) is 11.1 Å². The first-order valence-corrected chi connectivity index (χ1v) is 7.31. The van der Waals surface area contributed by atoms with Crippen molar-refractivity contribution in [3.05, 3.63) is 36.9 Å². The highest BCUT2D eigenvalue weighted by Crippen LogP contribution is 2.23. The lowest BCUT2D eigenvalue weighted by atomic mass is 10.3. The Morgan fingerprint density at radius 1 is 1.30 bits per heavy atom. The summed E-state index contributed by atoms with van der Waals surface area (Å²) in [6, 6.07) is 7.50. The molecule has 1 amide bonds. The maximum Gasteiger partial charge on any atom is 0.234 e. The molecule has 0 spiro atoms. The lowest BCUT2D eigenvalue weighted by Crippen LogP contribution is -2.18. The first-order valence-electron chi connectivity index (χ1n) is 6.33. The Balaban J connectivity index is 1.92. The van der Waals surface area contributed by atoms with Gasteiger partial charge in [-0.1, -0.05) is 20.8 Å². The summed E-state index contributed by atoms with van der Waals surface area (Å²) in [5.74, 6) is 0.465. The maximum absolute atomic E-state index is 11.8. The molecule has 0 fully saturated rings. The van der Waals surface area contributed by atoms with E-state index in [-0.39, 0.29) is 10.7 Å². The lowest BCUT2D eigenvalue weighted by molar-refractivity contribution is -0.113. The molecule has 0 radical (unpaired) electrons. The second-order valence-corrected chi connectivity index (χ2v) is 7.14. The van der Waals surface area contributed by atoms with Crippen LogP contribution in [0.5, 0.6) is 0 Å². The molecule has 5 nitrogen and oxygen atoms in total. The van der Waals surface area contributed by atoms with E-state index >= 15 is 0 Å². The molecule has 1 N–H and O–H groups in total. The number of amides is 1. The van der Waals surface area contributed by atoms with Crippen molar-refractivity contribution in [2.24, 2.45) is 0 Å². The molecular weight excluding hydrogens is 272 g/mol. The lowest BCUT2D eigenvalue weighted by Gasteiger charge is -2.17. The monoisotopic (exact) mass is 290 g/mol. The van der Waals surface area contributed by atoms with E-state index in [1.165, 1.54) is 6.33 Å². The van der Waals surface area contributed by atoms with Gasteiger partial charge in [-0.15, -0.1) is 11.8 Å². The van der Waals surface area contributed by atoms with Crippen LogP contribution in [0.2, 0.25) is 0 Å². The van der Waals surface area contributed by atoms with Crippen LogP contribution < -0.4 is 5.32 Å². The Hall–Kier alpha value is -1.82. The van der Waals surface area contributed by atoms with Crippen LogP contribution in [0, 0.1) is 0 Å². The molecule has 0 aliphatic heterocycles. The molecule has 6 heteroatoms. The van der Waals surface area contributed by atoms with Crippen molar-refractivity contribution in [1.29, 1.82) is 0 Å². The van der Waals surface area contributed by atoms with E-state index in [1.54, 1.807) is 22.8 Å². The standard InChI is InChI=1S/C14H18N4OS/c1-14(2,3)20-8-13(19)17-11-4-6-12(7-5-11)18-10-15-9-16-18/h4-7,9-10H,8H2,1-3H3,(H,17,19). The first-order chi connectivity index (χ1) is 9.44. The molecule has 2 rings (SSSR count). The summed E-state index contributed by atoms with van der Waals surface area (Å²) < 4.78 is 1.76. The van der Waals surface area contributed by atoms with Crippen LogP contribution in [-0.2, 0) is 4.79 Å². The van der Waals surface area contributed by atoms with Gasteiger partial charge in [0, 0.05) is 10.4 Å². The Morgan fingerprint density at radius 2 is 2.00 bits per heavy atom. The first kappa shape index (κ1) is 14.6. The van der Waals surface area contributed by atoms with Gasteiger partial charge in [-0.25, -0.2) is 9.67 Å². The van der Waals surface area contributed by atoms with Gasteiger partial charge < -0.3 is 5.32 Å². The third-order valence-electron chi connectivity index (χ3n) is 2.47. The van der Waals surface area contributed by atoms with Crippen LogP contribution in [0.15, 0.2) is 36.9 Å². The number of rotatable bonds is 4. The zero-order chi connectivity index (χ0) is 14.6. The maximum atomic E-state index is 11.8. The second kappa shape index (κ2) is 6.09. The SMILES string of the molecule is CC(C)(C)SCC(=O)Nc1ccc(-n2cncn2)cc1. The fourth-order valence-electron chi connectivity index (χ4n) is 1.52. The van der Waals surface area contributed by atoms with E-state index in [2.05, 4.69) is 36.2 Å². The third kappa shape index (κ3) is 4.38. The number of hydrogen-bond donors (Lipinski definition) is 1. The Labute approximate surface area is 122 Å². The van der Waals surface area contributed by atoms with Gasteiger partial charge in [0.25, 0.3) is 0 Å². The molecule has 0 bridgehead atoms. The van der Waals surface area contributed by atoms with Crippen LogP contribution in [-0.4, -0.2) is 31.2 Å². The quantitative estimate of drug-likeness (QED) is 0.940. The number of anilines is 1. The van der Waals surface area contributed by atoms with Crippen molar-refractivity contribution in [1.82, 2.24) is 14.8 Å². The second-order valence-electron chi connectivity index (χ2n) is 5.34. The zero-order valence-electron chi connectivity index (χ0n) is 11.8. The van der Waals surface area contributed by atoms with Gasteiger partial charge in [0.15, 0.2) is 0 Å². The normalized spacial score (nSPS) is 11.3. The summed E-state index contributed by atoms with van der Waals surface area (Å²) in [5, 5.41) is 6.93. The molecule has 20 heavy (non-hydrogen) atoms. The molecule has 0 saturated heterocycles. The van der Waals surface area contributed by atoms with Gasteiger partial charge >= 0.3 is 0 Å². The summed E-state index contributed by atoms with van der Waals surface area (Å²) in [4.78, 5) is 15.7. The average molecular weight is 290 g/mol. The number of carbonyl (C=O) groups excluding carboxylic acids is 1. The van der Waals surface area contributed by atoms with Crippen LogP contribution in [0.4, 0.5) is 5.69 Å². The van der Waals surface area contributed by atoms with Crippen LogP contribution in [0.3, 0.4) is 0 Å². The fraction of sp³-hybridized carbons (Fsp3) is 0.357. The minimum Gasteiger partial charge on any atom is -0.325 e. The van der Waals surface area contributed by atoms with Crippen molar-refractivity contribution in [3.8, 4) is 5.69 Å². The highest BCUT2D eigenvalue weighted by atomic mass is 32.2. The number of nitrogens with zero attached hydrogens (tertiary/aromatic N) is 3. The predicted octanol–water partition coefficient (Wildman–Crippen LogP) is 2.74. The van der Waals surface area contributed by atoms with E-state index in [0.717, 1.165) is 11.4 Å². The molecule has 0 aliphatic carbocycles. The van der Waals surface area contributed by atoms with Crippen molar-refractivity contribution < 1.29 is 4.79 Å². The summed E-state index contributed by atoms with van der Waals surface area (Å²) in [6.07, 6.45) is 3.12. The number of aromatic nitrogens is 3. The Bertz CT molecular complexity index is 558. The predicted molar refractivity (Wildman–Crippen MR) is 82.2 cm³/mol. The molecule has 0 unspecified atom stereocenters. The molecule has 0 aliphatic rings. The van der Waals surface area contributed by atoms with E-state index in [9.17, 15) is 4.79 Å². The molecule has 106 valence electrons. The van der Waals surface area contributed by atoms with Gasteiger partial charge in [0.1, 0.15) is 12.7 Å². The smallest absolute Gasteiger partial charge is 0.234 e. The molecule has 0 atom stereocenters. The average Bonchev–Trinajstić information content (AvgIpc) is 2.90. The summed E-state index contributed by atoms with van der Waals surface area (Å²) in [7, 11) is 0. The summed E-state index contributed by atoms with van der Waals surface area (Å²) >= 11 is 1.63. The van der Waals surface area contributed by atoms with E-state index in [0.29, 0.717) is 5.75 Å². The van der Waals surface area contributed by atoms with Gasteiger partial charge in [-0.2, -0.15) is 5.10 Å². The van der Waals surface area contributed by atoms with Crippen LogP contribution >= 0.6 is 11.8 Å². The van der Waals surface area contributed by atoms with Gasteiger partial charge in [0.05, 0.1) is 11.4 Å². The molecular formula is C14H18N4OS. The van der Waals surface area contributed by atoms with Crippen molar-refractivity contribution >= 4 is 23.4 Å². The highest BCUT2D eigenvalue weighted by molar-refractivity contribution is 8.01. The number of carbonyl (C=O) groups is 1. The summed E-state index contributed by atoms with van der Waals surface area (Å²) in [6.45, 7) is 6.29. The van der Waals surface area contributed by atoms with Gasteiger partial charge in [0.2, 0.25) is 5.91 Å². The number of hydrogen-bond acceptors (Lipinski definition) is 4. The molecule has 1 heterocycles. The number of benzene rings is 1. The van der Waals surface area contributed by atoms with Gasteiger partial charge in [-0.05, 0) is 24.3 Å². The number of thioether (sulfide) groups is 1. The van der Waals surface area contributed by atoms with E-state index in [4.69, 9.17) is 0 Å². The highest BCUT2D eigenvalue weighted by Gasteiger charge is 2.13. The zero-order valence-corrected chi connectivity index (χ0v) is 12.6. The molecule has 2 aromatic rings. The summed E-state index contributed by atoms with van der Waals surface area (Å²) in [5.41, 5.74) is 1.69. The Morgan fingerprint density at radius 3 is 2.55 bits per heavy atom. The molecule has 1 aromatic carbocycles. The van der Waals surface area contributed by atoms with E-state index in [1.807, 2.05) is 24.3 Å². The van der Waals surface area contributed by atoms with E-state index < -0.39 is 0 Å². The van der Waals surface area contributed by atoms with Crippen molar-refractivity contribution in [3.63, 3.8) is 0 Å². The van der Waals surface area contributed by atoms with Gasteiger partial charge in [-0.3, -0.25) is 4.79 Å². The van der Waals surface area contributed by atoms with Crippen LogP contribution in [0.25, 0.3) is 5.69 Å². The largest absolute Gasteiger partial charge is 0.325 e. The molecule has 1 aromatic heterocycles. The van der Waals surface area contributed by atoms with Crippen LogP contribution in [0.1, 0.15) is 20.8 Å². The fourth-order valence-corrected chi connectivity index (χ4v) is 2.15. The number of nitrogens with one attached hydrogen (secondary N) is 1. The minimum atomic E-state index is 0.0124.